The highest BCUT2D eigenvalue weighted by Crippen LogP contribution is 2.17. The normalized spacial score (nSPS) is 17.8. The van der Waals surface area contributed by atoms with E-state index >= 15 is 0 Å². The lowest BCUT2D eigenvalue weighted by atomic mass is 10.4. The summed E-state index contributed by atoms with van der Waals surface area (Å²) in [6.45, 7) is 10.6. The zero-order valence-electron chi connectivity index (χ0n) is 11.8. The molecule has 0 radical (unpaired) electrons. The van der Waals surface area contributed by atoms with E-state index in [0.29, 0.717) is 6.04 Å². The number of hydrogen-bond acceptors (Lipinski definition) is 2. The maximum atomic E-state index is 9.54. The number of hydrogen-bond donors (Lipinski definition) is 1. The molecule has 1 aliphatic heterocycles. The van der Waals surface area contributed by atoms with Crippen LogP contribution >= 0.6 is 0 Å². The molecule has 1 aliphatic carbocycles. The smallest absolute Gasteiger partial charge is 0.207 e. The van der Waals surface area contributed by atoms with Crippen LogP contribution in [0.5, 0.6) is 0 Å². The van der Waals surface area contributed by atoms with Crippen LogP contribution in [0.3, 0.4) is 0 Å². The Morgan fingerprint density at radius 2 is 1.50 bits per heavy atom. The van der Waals surface area contributed by atoms with E-state index in [9.17, 15) is 4.79 Å². The summed E-state index contributed by atoms with van der Waals surface area (Å²) in [6, 6.07) is 0.530. The molecule has 2 rings (SSSR count). The maximum absolute atomic E-state index is 9.54. The fraction of sp³-hybridized carbons (Fsp3) is 0.923. The van der Waals surface area contributed by atoms with Crippen molar-refractivity contribution in [2.24, 2.45) is 0 Å². The molecule has 1 amide bonds. The van der Waals surface area contributed by atoms with Gasteiger partial charge in [0, 0.05) is 6.04 Å². The molecule has 1 heterocycles. The molecule has 2 aliphatic rings. The SMILES string of the molecule is CC.CC.CN1CCCC1.O=CNC1CC1. The maximum Gasteiger partial charge on any atom is 0.207 e. The van der Waals surface area contributed by atoms with Crippen molar-refractivity contribution in [3.8, 4) is 0 Å². The molecule has 0 spiro atoms. The van der Waals surface area contributed by atoms with Crippen molar-refractivity contribution in [1.82, 2.24) is 10.2 Å². The topological polar surface area (TPSA) is 32.3 Å². The second-order valence-corrected chi connectivity index (χ2v) is 3.57. The van der Waals surface area contributed by atoms with E-state index < -0.39 is 0 Å². The standard InChI is InChI=1S/C5H11N.C4H7NO.2C2H6/c1-6-4-2-3-5-6;6-3-5-4-1-2-4;2*1-2/h2-5H2,1H3;3-4H,1-2H2,(H,5,6);2*1-2H3. The molecular formula is C13H30N2O. The zero-order valence-corrected chi connectivity index (χ0v) is 11.8. The monoisotopic (exact) mass is 230 g/mol. The number of carbonyl (C=O) groups excluding carboxylic acids is 1. The Bertz CT molecular complexity index is 130. The second-order valence-electron chi connectivity index (χ2n) is 3.57. The van der Waals surface area contributed by atoms with Gasteiger partial charge in [-0.05, 0) is 45.8 Å². The minimum absolute atomic E-state index is 0.530. The Hall–Kier alpha value is -0.570. The average molecular weight is 230 g/mol. The van der Waals surface area contributed by atoms with Crippen LogP contribution in [0.1, 0.15) is 53.4 Å². The summed E-state index contributed by atoms with van der Waals surface area (Å²) in [7, 11) is 2.17. The van der Waals surface area contributed by atoms with Gasteiger partial charge in [0.15, 0.2) is 0 Å². The Morgan fingerprint density at radius 3 is 1.62 bits per heavy atom. The van der Waals surface area contributed by atoms with E-state index in [1.165, 1.54) is 38.8 Å². The van der Waals surface area contributed by atoms with E-state index in [1.54, 1.807) is 0 Å². The summed E-state index contributed by atoms with van der Waals surface area (Å²) in [5, 5.41) is 2.64. The summed E-state index contributed by atoms with van der Waals surface area (Å²) in [5.41, 5.74) is 0. The molecule has 0 aromatic heterocycles. The van der Waals surface area contributed by atoms with Gasteiger partial charge in [-0.1, -0.05) is 27.7 Å². The first kappa shape index (κ1) is 17.8. The molecule has 0 aromatic rings. The number of nitrogens with one attached hydrogen (secondary N) is 1. The summed E-state index contributed by atoms with van der Waals surface area (Å²) in [5.74, 6) is 0. The molecule has 1 N–H and O–H groups in total. The van der Waals surface area contributed by atoms with Gasteiger partial charge in [-0.3, -0.25) is 4.79 Å². The average Bonchev–Trinajstić information content (AvgIpc) is 3.04. The van der Waals surface area contributed by atoms with E-state index in [1.807, 2.05) is 27.7 Å². The molecule has 1 saturated carbocycles. The Labute approximate surface area is 102 Å². The number of rotatable bonds is 2. The van der Waals surface area contributed by atoms with E-state index in [-0.39, 0.29) is 0 Å². The van der Waals surface area contributed by atoms with Gasteiger partial charge < -0.3 is 10.2 Å². The van der Waals surface area contributed by atoms with Crippen LogP contribution in [0.2, 0.25) is 0 Å². The lowest BCUT2D eigenvalue weighted by molar-refractivity contribution is -0.109. The van der Waals surface area contributed by atoms with Gasteiger partial charge in [0.1, 0.15) is 0 Å². The highest BCUT2D eigenvalue weighted by Gasteiger charge is 2.18. The lowest BCUT2D eigenvalue weighted by Crippen LogP contribution is -2.11. The number of nitrogens with zero attached hydrogens (tertiary/aromatic N) is 1. The second kappa shape index (κ2) is 14.4. The van der Waals surface area contributed by atoms with Crippen molar-refractivity contribution in [2.75, 3.05) is 20.1 Å². The van der Waals surface area contributed by atoms with Crippen molar-refractivity contribution in [1.29, 1.82) is 0 Å². The highest BCUT2D eigenvalue weighted by molar-refractivity contribution is 5.47. The fourth-order valence-corrected chi connectivity index (χ4v) is 1.22. The van der Waals surface area contributed by atoms with E-state index in [2.05, 4.69) is 17.3 Å². The molecule has 0 bridgehead atoms. The fourth-order valence-electron chi connectivity index (χ4n) is 1.22. The third-order valence-corrected chi connectivity index (χ3v) is 2.21. The van der Waals surface area contributed by atoms with Crippen molar-refractivity contribution < 1.29 is 4.79 Å². The number of amides is 1. The van der Waals surface area contributed by atoms with Gasteiger partial charge in [0.25, 0.3) is 0 Å². The van der Waals surface area contributed by atoms with Crippen molar-refractivity contribution in [2.45, 2.75) is 59.4 Å². The molecule has 1 saturated heterocycles. The minimum Gasteiger partial charge on any atom is -0.356 e. The summed E-state index contributed by atoms with van der Waals surface area (Å²) < 4.78 is 0. The van der Waals surface area contributed by atoms with Crippen LogP contribution in [0.4, 0.5) is 0 Å². The first-order valence-corrected chi connectivity index (χ1v) is 6.71. The predicted octanol–water partition coefficient (Wildman–Crippen LogP) is 2.66. The quantitative estimate of drug-likeness (QED) is 0.740. The number of carbonyl (C=O) groups is 1. The third kappa shape index (κ3) is 13.4. The van der Waals surface area contributed by atoms with Gasteiger partial charge in [-0.2, -0.15) is 0 Å². The van der Waals surface area contributed by atoms with Gasteiger partial charge in [0.05, 0.1) is 0 Å². The molecule has 3 heteroatoms. The summed E-state index contributed by atoms with van der Waals surface area (Å²) in [6.07, 6.45) is 5.95. The van der Waals surface area contributed by atoms with Crippen LogP contribution in [0.15, 0.2) is 0 Å². The first-order chi connectivity index (χ1) is 7.83. The predicted molar refractivity (Wildman–Crippen MR) is 71.6 cm³/mol. The minimum atomic E-state index is 0.530. The van der Waals surface area contributed by atoms with Crippen molar-refractivity contribution in [3.63, 3.8) is 0 Å². The van der Waals surface area contributed by atoms with E-state index in [4.69, 9.17) is 0 Å². The van der Waals surface area contributed by atoms with Gasteiger partial charge in [0.2, 0.25) is 6.41 Å². The van der Waals surface area contributed by atoms with Gasteiger partial charge in [-0.25, -0.2) is 0 Å². The first-order valence-electron chi connectivity index (χ1n) is 6.71. The Morgan fingerprint density at radius 1 is 1.06 bits per heavy atom. The summed E-state index contributed by atoms with van der Waals surface area (Å²) in [4.78, 5) is 11.9. The third-order valence-electron chi connectivity index (χ3n) is 2.21. The summed E-state index contributed by atoms with van der Waals surface area (Å²) >= 11 is 0. The molecule has 16 heavy (non-hydrogen) atoms. The van der Waals surface area contributed by atoms with Gasteiger partial charge in [-0.15, -0.1) is 0 Å². The van der Waals surface area contributed by atoms with Gasteiger partial charge >= 0.3 is 0 Å². The van der Waals surface area contributed by atoms with Crippen LogP contribution in [-0.2, 0) is 4.79 Å². The lowest BCUT2D eigenvalue weighted by Gasteiger charge is -2.01. The largest absolute Gasteiger partial charge is 0.356 e. The number of likely N-dealkylation sites (tertiary alicyclic amines) is 1. The zero-order chi connectivity index (χ0) is 12.8. The molecule has 3 nitrogen and oxygen atoms in total. The van der Waals surface area contributed by atoms with Crippen molar-refractivity contribution in [3.05, 3.63) is 0 Å². The van der Waals surface area contributed by atoms with Crippen LogP contribution < -0.4 is 5.32 Å². The molecule has 0 unspecified atom stereocenters. The van der Waals surface area contributed by atoms with E-state index in [0.717, 1.165) is 6.41 Å². The Balaban J connectivity index is 0. The van der Waals surface area contributed by atoms with Crippen LogP contribution in [0, 0.1) is 0 Å². The molecule has 98 valence electrons. The molecule has 2 fully saturated rings. The molecule has 0 atom stereocenters. The highest BCUT2D eigenvalue weighted by atomic mass is 16.1. The van der Waals surface area contributed by atoms with Crippen molar-refractivity contribution >= 4 is 6.41 Å². The van der Waals surface area contributed by atoms with Crippen LogP contribution in [0.25, 0.3) is 0 Å². The Kier molecular flexibility index (Phi) is 16.1. The molecular weight excluding hydrogens is 200 g/mol. The van der Waals surface area contributed by atoms with Crippen LogP contribution in [-0.4, -0.2) is 37.5 Å². The molecule has 0 aromatic carbocycles.